The highest BCUT2D eigenvalue weighted by Gasteiger charge is 2.53. The van der Waals surface area contributed by atoms with Crippen LogP contribution in [-0.4, -0.2) is 20.3 Å². The lowest BCUT2D eigenvalue weighted by atomic mass is 9.78. The number of nitrogens with one attached hydrogen (secondary N) is 2. The summed E-state index contributed by atoms with van der Waals surface area (Å²) in [6, 6.07) is 13.3. The topological polar surface area (TPSA) is 174 Å². The molecule has 46 heavy (non-hydrogen) atoms. The summed E-state index contributed by atoms with van der Waals surface area (Å²) < 4.78 is 0. The fourth-order valence-corrected chi connectivity index (χ4v) is 6.92. The second-order valence-electron chi connectivity index (χ2n) is 11.5. The Labute approximate surface area is 258 Å². The monoisotopic (exact) mass is 614 g/mol. The number of aromatic amines is 1. The minimum atomic E-state index is -1.94. The summed E-state index contributed by atoms with van der Waals surface area (Å²) in [5, 5.41) is 35.5. The number of H-pyrrole nitrogens is 1. The fourth-order valence-electron chi connectivity index (χ4n) is 6.92. The van der Waals surface area contributed by atoms with E-state index in [1.807, 2.05) is 19.1 Å². The third-order valence-corrected chi connectivity index (χ3v) is 8.99. The number of pyridine rings is 1. The van der Waals surface area contributed by atoms with Crippen molar-refractivity contribution in [2.45, 2.75) is 31.7 Å². The minimum absolute atomic E-state index is 0.0216. The van der Waals surface area contributed by atoms with Gasteiger partial charge in [0.05, 0.1) is 31.9 Å². The number of hydrogen-bond acceptors (Lipinski definition) is 9. The lowest BCUT2D eigenvalue weighted by Gasteiger charge is -2.27. The number of aliphatic hydroxyl groups excluding tert-OH is 2. The molecule has 0 amide bonds. The summed E-state index contributed by atoms with van der Waals surface area (Å²) >= 11 is 0. The Bertz CT molecular complexity index is 2680. The molecule has 228 valence electrons. The Morgan fingerprint density at radius 1 is 0.848 bits per heavy atom. The van der Waals surface area contributed by atoms with Crippen LogP contribution in [0.5, 0.6) is 5.75 Å². The number of fused-ring (bicyclic) bond motifs is 4. The second-order valence-corrected chi connectivity index (χ2v) is 11.5. The molecule has 0 saturated carbocycles. The van der Waals surface area contributed by atoms with E-state index in [9.17, 15) is 39.3 Å². The summed E-state index contributed by atoms with van der Waals surface area (Å²) in [6.07, 6.45) is 7.17. The van der Waals surface area contributed by atoms with Gasteiger partial charge in [-0.15, -0.1) is 0 Å². The van der Waals surface area contributed by atoms with Gasteiger partial charge in [0.2, 0.25) is 16.3 Å². The highest BCUT2D eigenvalue weighted by atomic mass is 16.3. The van der Waals surface area contributed by atoms with Gasteiger partial charge in [-0.2, -0.15) is 0 Å². The summed E-state index contributed by atoms with van der Waals surface area (Å²) in [6.45, 7) is 2.01. The first-order chi connectivity index (χ1) is 22.1. The van der Waals surface area contributed by atoms with E-state index in [2.05, 4.69) is 10.3 Å². The molecule has 0 aliphatic heterocycles. The Morgan fingerprint density at radius 2 is 1.54 bits per heavy atom. The van der Waals surface area contributed by atoms with Crippen LogP contribution in [0.25, 0.3) is 28.4 Å². The van der Waals surface area contributed by atoms with Crippen molar-refractivity contribution in [3.05, 3.63) is 161 Å². The lowest BCUT2D eigenvalue weighted by molar-refractivity contribution is 0.362. The molecule has 3 aromatic rings. The van der Waals surface area contributed by atoms with Gasteiger partial charge in [-0.3, -0.25) is 24.0 Å². The second kappa shape index (κ2) is 10.3. The van der Waals surface area contributed by atoms with Crippen LogP contribution in [-0.2, 0) is 18.4 Å². The number of aliphatic hydroxyl groups is 2. The fraction of sp³-hybridized carbons (Fsp3) is 0.139. The minimum Gasteiger partial charge on any atom is -0.510 e. The molecule has 1 atom stereocenters. The van der Waals surface area contributed by atoms with E-state index < -0.39 is 70.8 Å². The van der Waals surface area contributed by atoms with E-state index in [1.165, 1.54) is 0 Å². The zero-order valence-corrected chi connectivity index (χ0v) is 24.4. The van der Waals surface area contributed by atoms with Crippen molar-refractivity contribution < 1.29 is 15.3 Å². The van der Waals surface area contributed by atoms with Gasteiger partial charge >= 0.3 is 0 Å². The zero-order valence-electron chi connectivity index (χ0n) is 24.4. The van der Waals surface area contributed by atoms with Crippen LogP contribution in [0.3, 0.4) is 0 Å². The maximum atomic E-state index is 13.9. The number of anilines is 1. The first-order valence-corrected chi connectivity index (χ1v) is 14.6. The van der Waals surface area contributed by atoms with Crippen molar-refractivity contribution in [3.63, 3.8) is 0 Å². The summed E-state index contributed by atoms with van der Waals surface area (Å²) in [5.41, 5.74) is -4.96. The van der Waals surface area contributed by atoms with Crippen LogP contribution >= 0.6 is 0 Å². The van der Waals surface area contributed by atoms with Crippen LogP contribution < -0.4 is 43.0 Å². The standard InChI is InChI=1S/C36H26N2O8/c1-2-3-5-10-20-14-19-13-18-11-12-36(28(18)32(43)23(19)35(46)38-20)33(44)26-27(34(36)45)31(42)25-24(30(26)41)22(39)15-21(29(25)40)37-16-17-8-6-4-7-9-17/h2-10,13-15,37,43-45H,11-12,16H2,1H3,(H,38,46)/b3-2+,10-5+/t36-/m0/s1. The van der Waals surface area contributed by atoms with Crippen molar-refractivity contribution in [1.82, 2.24) is 4.98 Å². The van der Waals surface area contributed by atoms with Crippen molar-refractivity contribution in [2.75, 3.05) is 5.32 Å². The van der Waals surface area contributed by atoms with Crippen LogP contribution in [0.4, 0.5) is 5.69 Å². The predicted octanol–water partition coefficient (Wildman–Crippen LogP) is 1.71. The van der Waals surface area contributed by atoms with Crippen LogP contribution in [0, 0.1) is 10.4 Å². The molecule has 0 unspecified atom stereocenters. The van der Waals surface area contributed by atoms with Gasteiger partial charge in [0.25, 0.3) is 5.56 Å². The van der Waals surface area contributed by atoms with Crippen LogP contribution in [0.2, 0.25) is 0 Å². The maximum Gasteiger partial charge on any atom is 0.260 e. The molecule has 10 nitrogen and oxygen atoms in total. The highest BCUT2D eigenvalue weighted by Crippen LogP contribution is 2.54. The third-order valence-electron chi connectivity index (χ3n) is 8.99. The molecule has 1 spiro atoms. The van der Waals surface area contributed by atoms with E-state index in [1.54, 1.807) is 54.6 Å². The average Bonchev–Trinajstić information content (AvgIpc) is 3.53. The average molecular weight is 615 g/mol. The molecule has 1 aromatic heterocycles. The molecule has 4 aliphatic carbocycles. The first kappa shape index (κ1) is 28.7. The van der Waals surface area contributed by atoms with E-state index in [0.717, 1.165) is 11.6 Å². The number of aromatic nitrogens is 1. The number of rotatable bonds is 5. The number of aromatic hydroxyl groups is 1. The molecule has 4 aliphatic rings. The number of aryl methyl sites for hydroxylation is 1. The van der Waals surface area contributed by atoms with Gasteiger partial charge in [-0.1, -0.05) is 54.6 Å². The highest BCUT2D eigenvalue weighted by molar-refractivity contribution is 5.94. The van der Waals surface area contributed by atoms with Crippen molar-refractivity contribution in [2.24, 2.45) is 0 Å². The first-order valence-electron chi connectivity index (χ1n) is 14.6. The van der Waals surface area contributed by atoms with Gasteiger partial charge in [-0.25, -0.2) is 0 Å². The van der Waals surface area contributed by atoms with Gasteiger partial charge in [0, 0.05) is 23.9 Å². The SMILES string of the molecule is C/C=C/C=C/c1cc2cc3c(c(O)c2c(=O)[nH]1)[C@@]1(CC3)C(O)=c2c(=O)c3c(=O)cc(NCc4ccccc4)c(=O)c=3c(=O)c2=C1O. The van der Waals surface area contributed by atoms with E-state index >= 15 is 0 Å². The molecule has 10 heteroatoms. The predicted molar refractivity (Wildman–Crippen MR) is 174 cm³/mol. The molecule has 0 fully saturated rings. The molecule has 0 bridgehead atoms. The van der Waals surface area contributed by atoms with E-state index in [-0.39, 0.29) is 36.0 Å². The molecule has 5 N–H and O–H groups in total. The molecule has 0 saturated heterocycles. The Kier molecular flexibility index (Phi) is 6.41. The van der Waals surface area contributed by atoms with Gasteiger partial charge in [0.15, 0.2) is 5.43 Å². The van der Waals surface area contributed by atoms with E-state index in [0.29, 0.717) is 16.6 Å². The van der Waals surface area contributed by atoms with Crippen molar-refractivity contribution >= 4 is 34.1 Å². The molecule has 2 aromatic carbocycles. The van der Waals surface area contributed by atoms with E-state index in [4.69, 9.17) is 0 Å². The lowest BCUT2D eigenvalue weighted by Crippen LogP contribution is -2.52. The van der Waals surface area contributed by atoms with Gasteiger partial charge in [-0.05, 0) is 48.4 Å². The molecular weight excluding hydrogens is 588 g/mol. The molecular formula is C36H26N2O8. The van der Waals surface area contributed by atoms with Crippen LogP contribution in [0.1, 0.15) is 35.7 Å². The summed E-state index contributed by atoms with van der Waals surface area (Å²) in [7, 11) is 0. The molecule has 1 heterocycles. The van der Waals surface area contributed by atoms with Gasteiger partial charge < -0.3 is 25.6 Å². The Balaban J connectivity index is 1.49. The number of phenols is 1. The number of hydrogen-bond donors (Lipinski definition) is 5. The van der Waals surface area contributed by atoms with Crippen molar-refractivity contribution in [3.8, 4) is 5.75 Å². The zero-order chi connectivity index (χ0) is 32.5. The third kappa shape index (κ3) is 3.86. The summed E-state index contributed by atoms with van der Waals surface area (Å²) in [4.78, 5) is 70.4. The number of allylic oxidation sites excluding steroid dienone is 3. The van der Waals surface area contributed by atoms with Crippen molar-refractivity contribution in [1.29, 1.82) is 0 Å². The Morgan fingerprint density at radius 3 is 2.24 bits per heavy atom. The molecule has 7 rings (SSSR count). The Hall–Kier alpha value is -6.03. The number of phenolic OH excluding ortho intramolecular Hbond substituents is 1. The smallest absolute Gasteiger partial charge is 0.260 e. The van der Waals surface area contributed by atoms with Gasteiger partial charge in [0.1, 0.15) is 22.7 Å². The van der Waals surface area contributed by atoms with Crippen LogP contribution in [0.15, 0.2) is 90.7 Å². The largest absolute Gasteiger partial charge is 0.510 e. The molecule has 0 radical (unpaired) electrons. The quantitative estimate of drug-likeness (QED) is 0.185. The summed E-state index contributed by atoms with van der Waals surface area (Å²) in [5.74, 6) is -1.97. The number of benzene rings is 2. The normalized spacial score (nSPS) is 17.2. The maximum absolute atomic E-state index is 13.9.